The minimum absolute atomic E-state index is 0.0807. The summed E-state index contributed by atoms with van der Waals surface area (Å²) in [4.78, 5) is 4.28. The van der Waals surface area contributed by atoms with Gasteiger partial charge in [-0.1, -0.05) is 0 Å². The number of hydrogen-bond acceptors (Lipinski definition) is 2. The highest BCUT2D eigenvalue weighted by molar-refractivity contribution is 9.10. The van der Waals surface area contributed by atoms with Gasteiger partial charge >= 0.3 is 0 Å². The molecule has 0 unspecified atom stereocenters. The number of rotatable bonds is 6. The van der Waals surface area contributed by atoms with Crippen molar-refractivity contribution in [2.75, 3.05) is 13.2 Å². The van der Waals surface area contributed by atoms with Gasteiger partial charge in [0.1, 0.15) is 18.2 Å². The summed E-state index contributed by atoms with van der Waals surface area (Å²) in [5.74, 6) is 0.260. The Morgan fingerprint density at radius 1 is 1.40 bits per heavy atom. The monoisotopic (exact) mass is 370 g/mol. The predicted molar refractivity (Wildman–Crippen MR) is 73.8 cm³/mol. The molecule has 0 saturated heterocycles. The number of fused-ring (bicyclic) bond motifs is 1. The molecule has 0 bridgehead atoms. The Hall–Kier alpha value is -0.790. The van der Waals surface area contributed by atoms with Gasteiger partial charge in [-0.25, -0.2) is 18.2 Å². The Kier molecular flexibility index (Phi) is 5.29. The summed E-state index contributed by atoms with van der Waals surface area (Å²) < 4.78 is 44.3. The van der Waals surface area contributed by atoms with Crippen LogP contribution in [-0.4, -0.2) is 29.2 Å². The van der Waals surface area contributed by atoms with Crippen LogP contribution in [0.3, 0.4) is 0 Å². The van der Waals surface area contributed by atoms with Crippen molar-refractivity contribution in [2.45, 2.75) is 18.9 Å². The number of ether oxygens (including phenoxy) is 1. The number of imidazole rings is 1. The number of aromatic nitrogens is 2. The van der Waals surface area contributed by atoms with Crippen LogP contribution in [0.2, 0.25) is 0 Å². The highest BCUT2D eigenvalue weighted by Crippen LogP contribution is 2.24. The van der Waals surface area contributed by atoms with Gasteiger partial charge in [0.2, 0.25) is 0 Å². The van der Waals surface area contributed by atoms with Gasteiger partial charge in [-0.05, 0) is 22.0 Å². The minimum atomic E-state index is -2.50. The van der Waals surface area contributed by atoms with Crippen LogP contribution in [0.15, 0.2) is 16.6 Å². The third-order valence-corrected chi connectivity index (χ3v) is 3.54. The van der Waals surface area contributed by atoms with Crippen LogP contribution in [0, 0.1) is 5.82 Å². The van der Waals surface area contributed by atoms with Gasteiger partial charge in [-0.3, -0.25) is 0 Å². The molecule has 0 aliphatic heterocycles. The van der Waals surface area contributed by atoms with Crippen molar-refractivity contribution in [3.8, 4) is 0 Å². The van der Waals surface area contributed by atoms with Gasteiger partial charge in [0, 0.05) is 12.6 Å². The van der Waals surface area contributed by atoms with E-state index in [1.165, 1.54) is 6.07 Å². The number of benzene rings is 1. The van der Waals surface area contributed by atoms with Gasteiger partial charge in [0.05, 0.1) is 28.0 Å². The molecule has 0 N–H and O–H groups in total. The zero-order valence-corrected chi connectivity index (χ0v) is 12.6. The fraction of sp³-hybridized carbons (Fsp3) is 0.417. The van der Waals surface area contributed by atoms with Gasteiger partial charge in [0.25, 0.3) is 6.43 Å². The Bertz CT molecular complexity index is 606. The van der Waals surface area contributed by atoms with Crippen molar-refractivity contribution in [3.63, 3.8) is 0 Å². The van der Waals surface area contributed by atoms with E-state index in [1.54, 1.807) is 10.6 Å². The van der Waals surface area contributed by atoms with Gasteiger partial charge in [0.15, 0.2) is 0 Å². The first kappa shape index (κ1) is 15.6. The summed E-state index contributed by atoms with van der Waals surface area (Å²) in [5, 5.41) is 0. The van der Waals surface area contributed by atoms with Gasteiger partial charge in [-0.15, -0.1) is 11.6 Å². The van der Waals surface area contributed by atoms with Gasteiger partial charge < -0.3 is 9.30 Å². The highest BCUT2D eigenvalue weighted by Gasteiger charge is 2.13. The molecule has 0 aliphatic rings. The average molecular weight is 372 g/mol. The zero-order valence-electron chi connectivity index (χ0n) is 10.3. The third kappa shape index (κ3) is 3.45. The van der Waals surface area contributed by atoms with Crippen LogP contribution in [0.4, 0.5) is 13.2 Å². The Labute approximate surface area is 126 Å². The fourth-order valence-corrected chi connectivity index (χ4v) is 2.39. The molecule has 2 rings (SSSR count). The quantitative estimate of drug-likeness (QED) is 0.568. The van der Waals surface area contributed by atoms with E-state index in [1.807, 2.05) is 0 Å². The van der Waals surface area contributed by atoms with Crippen LogP contribution in [0.5, 0.6) is 0 Å². The first-order chi connectivity index (χ1) is 9.52. The Balaban J connectivity index is 2.23. The molecule has 1 aromatic heterocycles. The third-order valence-electron chi connectivity index (χ3n) is 2.69. The molecule has 1 aromatic carbocycles. The summed E-state index contributed by atoms with van der Waals surface area (Å²) in [5.41, 5.74) is 1.14. The van der Waals surface area contributed by atoms with Crippen molar-refractivity contribution in [2.24, 2.45) is 0 Å². The summed E-state index contributed by atoms with van der Waals surface area (Å²) in [6, 6.07) is 2.88. The van der Waals surface area contributed by atoms with Crippen LogP contribution in [0.1, 0.15) is 5.82 Å². The molecule has 0 saturated carbocycles. The second-order valence-corrected chi connectivity index (χ2v) is 5.16. The molecule has 1 heterocycles. The molecule has 8 heteroatoms. The fourth-order valence-electron chi connectivity index (χ4n) is 1.85. The lowest BCUT2D eigenvalue weighted by molar-refractivity contribution is 0.0149. The van der Waals surface area contributed by atoms with Crippen molar-refractivity contribution in [1.29, 1.82) is 0 Å². The Morgan fingerprint density at radius 2 is 2.15 bits per heavy atom. The van der Waals surface area contributed by atoms with Gasteiger partial charge in [-0.2, -0.15) is 0 Å². The van der Waals surface area contributed by atoms with Crippen LogP contribution in [-0.2, 0) is 17.2 Å². The molecule has 0 spiro atoms. The molecular formula is C12H11BrClF3N2O. The first-order valence-corrected chi connectivity index (χ1v) is 7.11. The first-order valence-electron chi connectivity index (χ1n) is 5.79. The number of hydrogen-bond donors (Lipinski definition) is 0. The van der Waals surface area contributed by atoms with E-state index < -0.39 is 18.8 Å². The van der Waals surface area contributed by atoms with E-state index in [0.29, 0.717) is 21.3 Å². The largest absolute Gasteiger partial charge is 0.374 e. The molecule has 0 aliphatic carbocycles. The maximum atomic E-state index is 13.6. The summed E-state index contributed by atoms with van der Waals surface area (Å²) in [6.45, 7) is -0.257. The normalized spacial score (nSPS) is 11.7. The molecule has 0 amide bonds. The molecule has 0 atom stereocenters. The lowest BCUT2D eigenvalue weighted by Gasteiger charge is -2.08. The zero-order chi connectivity index (χ0) is 14.7. The number of halogens is 5. The summed E-state index contributed by atoms with van der Waals surface area (Å²) in [7, 11) is 0. The number of nitrogens with zero attached hydrogens (tertiary/aromatic N) is 2. The molecule has 2 aromatic rings. The number of alkyl halides is 3. The molecular weight excluding hydrogens is 360 g/mol. The maximum absolute atomic E-state index is 13.6. The van der Waals surface area contributed by atoms with E-state index in [-0.39, 0.29) is 19.0 Å². The molecule has 110 valence electrons. The van der Waals surface area contributed by atoms with Crippen LogP contribution >= 0.6 is 27.5 Å². The van der Waals surface area contributed by atoms with Crippen molar-refractivity contribution >= 4 is 38.6 Å². The van der Waals surface area contributed by atoms with Crippen molar-refractivity contribution in [3.05, 3.63) is 28.2 Å². The maximum Gasteiger partial charge on any atom is 0.261 e. The SMILES string of the molecule is Fc1cc2c(cc1Br)nc(CCl)n2CCOCC(F)F. The molecule has 20 heavy (non-hydrogen) atoms. The Morgan fingerprint density at radius 3 is 2.80 bits per heavy atom. The lowest BCUT2D eigenvalue weighted by Crippen LogP contribution is -2.12. The van der Waals surface area contributed by atoms with Crippen LogP contribution in [0.25, 0.3) is 11.0 Å². The lowest BCUT2D eigenvalue weighted by atomic mass is 10.3. The van der Waals surface area contributed by atoms with Crippen molar-refractivity contribution in [1.82, 2.24) is 9.55 Å². The average Bonchev–Trinajstić information content (AvgIpc) is 2.72. The minimum Gasteiger partial charge on any atom is -0.374 e. The topological polar surface area (TPSA) is 27.1 Å². The highest BCUT2D eigenvalue weighted by atomic mass is 79.9. The van der Waals surface area contributed by atoms with E-state index in [0.717, 1.165) is 0 Å². The van der Waals surface area contributed by atoms with E-state index in [9.17, 15) is 13.2 Å². The standard InChI is InChI=1S/C12H11BrClF3N2O/c13-7-3-9-10(4-8(7)15)19(12(5-14)18-9)1-2-20-6-11(16)17/h3-4,11H,1-2,5-6H2. The van der Waals surface area contributed by atoms with E-state index in [4.69, 9.17) is 16.3 Å². The second-order valence-electron chi connectivity index (χ2n) is 4.03. The van der Waals surface area contributed by atoms with Crippen molar-refractivity contribution < 1.29 is 17.9 Å². The second kappa shape index (κ2) is 6.78. The molecule has 3 nitrogen and oxygen atoms in total. The van der Waals surface area contributed by atoms with Crippen LogP contribution < -0.4 is 0 Å². The smallest absolute Gasteiger partial charge is 0.261 e. The predicted octanol–water partition coefficient (Wildman–Crippen LogP) is 3.96. The van der Waals surface area contributed by atoms with E-state index >= 15 is 0 Å². The summed E-state index contributed by atoms with van der Waals surface area (Å²) in [6.07, 6.45) is -2.50. The summed E-state index contributed by atoms with van der Waals surface area (Å²) >= 11 is 8.88. The molecule has 0 radical (unpaired) electrons. The molecule has 0 fully saturated rings. The van der Waals surface area contributed by atoms with E-state index in [2.05, 4.69) is 20.9 Å².